The lowest BCUT2D eigenvalue weighted by Crippen LogP contribution is -2.24. The molecular formula is C8H8N2O2. The van der Waals surface area contributed by atoms with Gasteiger partial charge in [-0.1, -0.05) is 6.08 Å². The summed E-state index contributed by atoms with van der Waals surface area (Å²) in [5.41, 5.74) is -0.793. The highest BCUT2D eigenvalue weighted by Crippen LogP contribution is 2.13. The largest absolute Gasteiger partial charge is 0.357 e. The molecule has 0 saturated heterocycles. The van der Waals surface area contributed by atoms with Crippen molar-refractivity contribution < 1.29 is 0 Å². The van der Waals surface area contributed by atoms with Crippen molar-refractivity contribution in [2.75, 3.05) is 7.05 Å². The second kappa shape index (κ2) is 2.20. The number of nitrogens with zero attached hydrogens (tertiary/aromatic N) is 2. The van der Waals surface area contributed by atoms with Crippen molar-refractivity contribution in [1.29, 1.82) is 0 Å². The molecule has 0 bridgehead atoms. The molecule has 0 amide bonds. The summed E-state index contributed by atoms with van der Waals surface area (Å²) in [6.45, 7) is 0. The minimum atomic E-state index is -0.396. The third-order valence-electron chi connectivity index (χ3n) is 1.97. The van der Waals surface area contributed by atoms with E-state index in [2.05, 4.69) is 0 Å². The van der Waals surface area contributed by atoms with Gasteiger partial charge in [0.05, 0.1) is 0 Å². The summed E-state index contributed by atoms with van der Waals surface area (Å²) < 4.78 is 1.22. The highest BCUT2D eigenvalue weighted by molar-refractivity contribution is 5.13. The van der Waals surface area contributed by atoms with Crippen LogP contribution in [0.2, 0.25) is 0 Å². The minimum Gasteiger partial charge on any atom is -0.357 e. The van der Waals surface area contributed by atoms with Gasteiger partial charge in [-0.2, -0.15) is 0 Å². The molecule has 0 fully saturated rings. The fraction of sp³-hybridized carbons (Fsp3) is 0.250. The first-order valence-corrected chi connectivity index (χ1v) is 3.66. The molecule has 0 radical (unpaired) electrons. The zero-order valence-corrected chi connectivity index (χ0v) is 6.60. The van der Waals surface area contributed by atoms with Crippen molar-refractivity contribution in [3.8, 4) is 0 Å². The van der Waals surface area contributed by atoms with Crippen LogP contribution >= 0.6 is 0 Å². The third kappa shape index (κ3) is 0.845. The number of hydrogen-bond acceptors (Lipinski definition) is 3. The summed E-state index contributed by atoms with van der Waals surface area (Å²) in [7, 11) is 1.82. The molecule has 1 aliphatic rings. The Kier molecular flexibility index (Phi) is 1.30. The van der Waals surface area contributed by atoms with E-state index in [0.717, 1.165) is 0 Å². The fourth-order valence-corrected chi connectivity index (χ4v) is 1.23. The Bertz CT molecular complexity index is 395. The topological polar surface area (TPSA) is 42.3 Å². The van der Waals surface area contributed by atoms with Crippen molar-refractivity contribution in [1.82, 2.24) is 9.47 Å². The van der Waals surface area contributed by atoms with E-state index in [4.69, 9.17) is 0 Å². The molecule has 1 aliphatic heterocycles. The molecule has 0 N–H and O–H groups in total. The molecule has 1 unspecified atom stereocenters. The molecule has 0 spiro atoms. The quantitative estimate of drug-likeness (QED) is 0.530. The molecule has 12 heavy (non-hydrogen) atoms. The lowest BCUT2D eigenvalue weighted by molar-refractivity contribution is 0.310. The van der Waals surface area contributed by atoms with Gasteiger partial charge in [-0.05, 0) is 12.2 Å². The number of rotatable bonds is 1. The highest BCUT2D eigenvalue weighted by atomic mass is 16.2. The average molecular weight is 164 g/mol. The molecule has 2 heterocycles. The van der Waals surface area contributed by atoms with Crippen LogP contribution in [0.5, 0.6) is 0 Å². The number of likely N-dealkylation sites (N-methyl/N-ethyl adjacent to an activating group) is 1. The van der Waals surface area contributed by atoms with Crippen molar-refractivity contribution in [3.05, 3.63) is 45.1 Å². The maximum absolute atomic E-state index is 10.8. The van der Waals surface area contributed by atoms with Gasteiger partial charge in [0.15, 0.2) is 0 Å². The Morgan fingerprint density at radius 3 is 2.42 bits per heavy atom. The molecule has 0 aliphatic carbocycles. The molecule has 4 heteroatoms. The zero-order valence-electron chi connectivity index (χ0n) is 6.60. The van der Waals surface area contributed by atoms with Gasteiger partial charge in [-0.25, -0.2) is 4.57 Å². The van der Waals surface area contributed by atoms with Crippen LogP contribution in [0.4, 0.5) is 0 Å². The van der Waals surface area contributed by atoms with Gasteiger partial charge < -0.3 is 4.90 Å². The van der Waals surface area contributed by atoms with Crippen molar-refractivity contribution >= 4 is 0 Å². The van der Waals surface area contributed by atoms with E-state index in [-0.39, 0.29) is 6.17 Å². The van der Waals surface area contributed by atoms with Gasteiger partial charge in [-0.3, -0.25) is 9.59 Å². The molecule has 4 nitrogen and oxygen atoms in total. The molecule has 0 aromatic carbocycles. The molecule has 1 aromatic heterocycles. The van der Waals surface area contributed by atoms with E-state index in [0.29, 0.717) is 0 Å². The van der Waals surface area contributed by atoms with Crippen LogP contribution in [0.3, 0.4) is 0 Å². The first kappa shape index (κ1) is 7.09. The van der Waals surface area contributed by atoms with E-state index in [1.807, 2.05) is 36.4 Å². The first-order chi connectivity index (χ1) is 5.72. The summed E-state index contributed by atoms with van der Waals surface area (Å²) in [5, 5.41) is 0. The summed E-state index contributed by atoms with van der Waals surface area (Å²) in [5.74, 6) is 0. The number of hydrogen-bond donors (Lipinski definition) is 0. The van der Waals surface area contributed by atoms with Crippen molar-refractivity contribution in [2.24, 2.45) is 0 Å². The SMILES string of the molecule is CN1C=CC=CC1n1c(=O)c1=O. The molecule has 1 atom stereocenters. The fourth-order valence-electron chi connectivity index (χ4n) is 1.23. The van der Waals surface area contributed by atoms with E-state index < -0.39 is 11.1 Å². The van der Waals surface area contributed by atoms with Crippen LogP contribution in [0.1, 0.15) is 6.17 Å². The molecule has 2 rings (SSSR count). The monoisotopic (exact) mass is 164 g/mol. The maximum Gasteiger partial charge on any atom is 0.321 e. The predicted molar refractivity (Wildman–Crippen MR) is 44.4 cm³/mol. The summed E-state index contributed by atoms with van der Waals surface area (Å²) in [4.78, 5) is 23.3. The van der Waals surface area contributed by atoms with E-state index in [9.17, 15) is 9.59 Å². The lowest BCUT2D eigenvalue weighted by Gasteiger charge is -2.23. The van der Waals surface area contributed by atoms with Crippen LogP contribution in [0.15, 0.2) is 34.0 Å². The van der Waals surface area contributed by atoms with Crippen LogP contribution in [0.25, 0.3) is 0 Å². The third-order valence-corrected chi connectivity index (χ3v) is 1.97. The minimum absolute atomic E-state index is 0.213. The summed E-state index contributed by atoms with van der Waals surface area (Å²) in [6, 6.07) is 0. The van der Waals surface area contributed by atoms with E-state index in [1.54, 1.807) is 0 Å². The lowest BCUT2D eigenvalue weighted by atomic mass is 10.3. The number of aromatic nitrogens is 1. The Labute approximate surface area is 68.7 Å². The molecule has 1 aromatic rings. The second-order valence-electron chi connectivity index (χ2n) is 2.79. The normalized spacial score (nSPS) is 22.4. The number of allylic oxidation sites excluding steroid dienone is 2. The first-order valence-electron chi connectivity index (χ1n) is 3.66. The highest BCUT2D eigenvalue weighted by Gasteiger charge is 2.25. The van der Waals surface area contributed by atoms with Gasteiger partial charge in [0.1, 0.15) is 6.17 Å². The molecule has 62 valence electrons. The Hall–Kier alpha value is -1.58. The maximum atomic E-state index is 10.8. The smallest absolute Gasteiger partial charge is 0.321 e. The summed E-state index contributed by atoms with van der Waals surface area (Å²) >= 11 is 0. The van der Waals surface area contributed by atoms with Crippen molar-refractivity contribution in [3.63, 3.8) is 0 Å². The van der Waals surface area contributed by atoms with E-state index in [1.165, 1.54) is 4.57 Å². The van der Waals surface area contributed by atoms with Gasteiger partial charge in [0.2, 0.25) is 0 Å². The van der Waals surface area contributed by atoms with Crippen LogP contribution < -0.4 is 11.1 Å². The summed E-state index contributed by atoms with van der Waals surface area (Å²) in [6.07, 6.45) is 7.10. The molecule has 0 saturated carbocycles. The van der Waals surface area contributed by atoms with Gasteiger partial charge in [0, 0.05) is 13.2 Å². The Morgan fingerprint density at radius 1 is 1.25 bits per heavy atom. The van der Waals surface area contributed by atoms with Gasteiger partial charge in [0.25, 0.3) is 0 Å². The molecular weight excluding hydrogens is 156 g/mol. The van der Waals surface area contributed by atoms with E-state index >= 15 is 0 Å². The second-order valence-corrected chi connectivity index (χ2v) is 2.79. The van der Waals surface area contributed by atoms with Gasteiger partial charge in [-0.15, -0.1) is 0 Å². The average Bonchev–Trinajstić information content (AvgIpc) is 2.62. The van der Waals surface area contributed by atoms with Crippen LogP contribution in [-0.2, 0) is 0 Å². The standard InChI is InChI=1S/C8H8N2O2/c1-9-5-3-2-4-6(9)10-7(11)8(10)12/h2-6H,1H3. The zero-order chi connectivity index (χ0) is 8.72. The Balaban J connectivity index is 2.32. The van der Waals surface area contributed by atoms with Crippen LogP contribution in [-0.4, -0.2) is 16.5 Å². The predicted octanol–water partition coefficient (Wildman–Crippen LogP) is -0.402. The van der Waals surface area contributed by atoms with Gasteiger partial charge >= 0.3 is 11.1 Å². The van der Waals surface area contributed by atoms with Crippen LogP contribution in [0, 0.1) is 0 Å². The van der Waals surface area contributed by atoms with Crippen molar-refractivity contribution in [2.45, 2.75) is 6.17 Å². The Morgan fingerprint density at radius 2 is 1.92 bits per heavy atom.